The Morgan fingerprint density at radius 3 is 2.55 bits per heavy atom. The van der Waals surface area contributed by atoms with E-state index < -0.39 is 0 Å². The van der Waals surface area contributed by atoms with Crippen molar-refractivity contribution in [2.75, 3.05) is 19.7 Å². The molecule has 0 aromatic heterocycles. The predicted octanol–water partition coefficient (Wildman–Crippen LogP) is 1.82. The molecule has 0 radical (unpaired) electrons. The van der Waals surface area contributed by atoms with Crippen molar-refractivity contribution >= 4 is 5.91 Å². The molecule has 1 aliphatic carbocycles. The fourth-order valence-corrected chi connectivity index (χ4v) is 3.63. The molecule has 0 aromatic rings. The van der Waals surface area contributed by atoms with Gasteiger partial charge in [-0.15, -0.1) is 0 Å². The molecule has 2 aliphatic rings. The first-order valence-corrected chi connectivity index (χ1v) is 8.20. The molecule has 1 saturated carbocycles. The molecule has 3 N–H and O–H groups in total. The second kappa shape index (κ2) is 6.44. The number of aliphatic hydroxyl groups is 1. The Labute approximate surface area is 122 Å². The van der Waals surface area contributed by atoms with Gasteiger partial charge in [0.1, 0.15) is 0 Å². The summed E-state index contributed by atoms with van der Waals surface area (Å²) in [6.07, 6.45) is 6.89. The number of nitrogens with one attached hydrogen (secondary N) is 2. The summed E-state index contributed by atoms with van der Waals surface area (Å²) in [5.41, 5.74) is -0.646. The molecule has 1 saturated heterocycles. The average Bonchev–Trinajstić information content (AvgIpc) is 2.50. The molecule has 4 heteroatoms. The van der Waals surface area contributed by atoms with Crippen molar-refractivity contribution < 1.29 is 9.90 Å². The van der Waals surface area contributed by atoms with Crippen LogP contribution in [-0.2, 0) is 4.79 Å². The summed E-state index contributed by atoms with van der Waals surface area (Å²) in [6.45, 7) is 6.20. The van der Waals surface area contributed by atoms with Gasteiger partial charge in [-0.1, -0.05) is 13.8 Å². The van der Waals surface area contributed by atoms with Crippen LogP contribution in [0.1, 0.15) is 58.8 Å². The van der Waals surface area contributed by atoms with Crippen LogP contribution in [0.15, 0.2) is 0 Å². The number of aliphatic hydroxyl groups excluding tert-OH is 1. The first-order chi connectivity index (χ1) is 9.56. The van der Waals surface area contributed by atoms with Gasteiger partial charge in [-0.05, 0) is 57.4 Å². The molecular weight excluding hydrogens is 252 g/mol. The molecule has 1 heterocycles. The first kappa shape index (κ1) is 15.8. The van der Waals surface area contributed by atoms with Crippen LogP contribution >= 0.6 is 0 Å². The lowest BCUT2D eigenvalue weighted by Gasteiger charge is -2.43. The first-order valence-electron chi connectivity index (χ1n) is 8.20. The van der Waals surface area contributed by atoms with Crippen molar-refractivity contribution in [3.63, 3.8) is 0 Å². The second-order valence-electron chi connectivity index (χ2n) is 6.99. The topological polar surface area (TPSA) is 61.4 Å². The number of piperidine rings is 1. The maximum absolute atomic E-state index is 12.8. The third-order valence-corrected chi connectivity index (χ3v) is 5.54. The lowest BCUT2D eigenvalue weighted by atomic mass is 9.74. The molecule has 1 amide bonds. The van der Waals surface area contributed by atoms with E-state index in [1.807, 2.05) is 0 Å². The highest BCUT2D eigenvalue weighted by atomic mass is 16.3. The van der Waals surface area contributed by atoms with E-state index in [9.17, 15) is 9.90 Å². The Hall–Kier alpha value is -0.610. The Morgan fingerprint density at radius 1 is 1.35 bits per heavy atom. The summed E-state index contributed by atoms with van der Waals surface area (Å²) in [6, 6.07) is 0. The minimum absolute atomic E-state index is 0.0681. The third kappa shape index (κ3) is 3.17. The highest BCUT2D eigenvalue weighted by molar-refractivity contribution is 5.83. The molecular formula is C16H30N2O2. The summed E-state index contributed by atoms with van der Waals surface area (Å²) in [4.78, 5) is 12.8. The van der Waals surface area contributed by atoms with Crippen LogP contribution in [0.5, 0.6) is 0 Å². The van der Waals surface area contributed by atoms with Gasteiger partial charge in [-0.2, -0.15) is 0 Å². The lowest BCUT2D eigenvalue weighted by Crippen LogP contribution is -2.59. The second-order valence-corrected chi connectivity index (χ2v) is 6.99. The zero-order valence-corrected chi connectivity index (χ0v) is 13.0. The summed E-state index contributed by atoms with van der Waals surface area (Å²) >= 11 is 0. The van der Waals surface area contributed by atoms with Gasteiger partial charge < -0.3 is 15.7 Å². The minimum atomic E-state index is -0.372. The van der Waals surface area contributed by atoms with Crippen LogP contribution in [0.2, 0.25) is 0 Å². The average molecular weight is 282 g/mol. The normalized spacial score (nSPS) is 38.5. The molecule has 116 valence electrons. The van der Waals surface area contributed by atoms with Gasteiger partial charge in [0.25, 0.3) is 0 Å². The van der Waals surface area contributed by atoms with Gasteiger partial charge in [0.05, 0.1) is 17.6 Å². The summed E-state index contributed by atoms with van der Waals surface area (Å²) in [7, 11) is 0. The monoisotopic (exact) mass is 282 g/mol. The summed E-state index contributed by atoms with van der Waals surface area (Å²) in [5.74, 6) is 0.860. The molecule has 4 nitrogen and oxygen atoms in total. The van der Waals surface area contributed by atoms with Gasteiger partial charge in [-0.3, -0.25) is 4.79 Å². The van der Waals surface area contributed by atoms with Gasteiger partial charge >= 0.3 is 0 Å². The van der Waals surface area contributed by atoms with E-state index in [0.29, 0.717) is 5.92 Å². The Balaban J connectivity index is 2.04. The fraction of sp³-hybridized carbons (Fsp3) is 0.938. The summed E-state index contributed by atoms with van der Waals surface area (Å²) in [5, 5.41) is 16.4. The minimum Gasteiger partial charge on any atom is -0.394 e. The van der Waals surface area contributed by atoms with Crippen molar-refractivity contribution in [3.8, 4) is 0 Å². The highest BCUT2D eigenvalue weighted by Crippen LogP contribution is 2.35. The molecule has 20 heavy (non-hydrogen) atoms. The Morgan fingerprint density at radius 2 is 2.05 bits per heavy atom. The molecule has 2 fully saturated rings. The quantitative estimate of drug-likeness (QED) is 0.737. The van der Waals surface area contributed by atoms with Crippen LogP contribution in [0.3, 0.4) is 0 Å². The molecule has 0 aromatic carbocycles. The number of carbonyl (C=O) groups excluding carboxylic acids is 1. The van der Waals surface area contributed by atoms with Crippen molar-refractivity contribution in [1.82, 2.24) is 10.6 Å². The van der Waals surface area contributed by atoms with Gasteiger partial charge in [0.15, 0.2) is 0 Å². The number of amides is 1. The number of rotatable bonds is 4. The van der Waals surface area contributed by atoms with Crippen molar-refractivity contribution in [1.29, 1.82) is 0 Å². The van der Waals surface area contributed by atoms with E-state index in [1.54, 1.807) is 0 Å². The van der Waals surface area contributed by atoms with Gasteiger partial charge in [0.2, 0.25) is 5.91 Å². The van der Waals surface area contributed by atoms with Crippen molar-refractivity contribution in [2.45, 2.75) is 64.3 Å². The fourth-order valence-electron chi connectivity index (χ4n) is 3.63. The Bertz CT molecular complexity index is 329. The van der Waals surface area contributed by atoms with Crippen molar-refractivity contribution in [2.24, 2.45) is 11.3 Å². The van der Waals surface area contributed by atoms with E-state index in [2.05, 4.69) is 24.5 Å². The number of hydrogen-bond acceptors (Lipinski definition) is 3. The molecule has 1 atom stereocenters. The van der Waals surface area contributed by atoms with E-state index in [0.717, 1.165) is 58.0 Å². The van der Waals surface area contributed by atoms with Crippen molar-refractivity contribution in [3.05, 3.63) is 0 Å². The number of hydrogen-bond donors (Lipinski definition) is 3. The molecule has 0 spiro atoms. The van der Waals surface area contributed by atoms with E-state index in [-0.39, 0.29) is 23.5 Å². The SMILES string of the molecule is CCC1(C(=O)NC2(CO)CCC(C)CC2)CCCNC1. The zero-order valence-electron chi connectivity index (χ0n) is 13.0. The molecule has 2 rings (SSSR count). The highest BCUT2D eigenvalue weighted by Gasteiger charge is 2.43. The standard InChI is InChI=1S/C16H30N2O2/c1-3-15(7-4-10-17-11-15)14(20)18-16(12-19)8-5-13(2)6-9-16/h13,17,19H,3-12H2,1-2H3,(H,18,20). The molecule has 1 aliphatic heterocycles. The summed E-state index contributed by atoms with van der Waals surface area (Å²) < 4.78 is 0. The van der Waals surface area contributed by atoms with E-state index in [4.69, 9.17) is 0 Å². The smallest absolute Gasteiger partial charge is 0.228 e. The van der Waals surface area contributed by atoms with Crippen LogP contribution in [0, 0.1) is 11.3 Å². The van der Waals surface area contributed by atoms with Crippen LogP contribution in [0.25, 0.3) is 0 Å². The largest absolute Gasteiger partial charge is 0.394 e. The van der Waals surface area contributed by atoms with Crippen LogP contribution in [0.4, 0.5) is 0 Å². The van der Waals surface area contributed by atoms with Gasteiger partial charge in [-0.25, -0.2) is 0 Å². The Kier molecular flexibility index (Phi) is 5.08. The number of carbonyl (C=O) groups is 1. The maximum atomic E-state index is 12.8. The van der Waals surface area contributed by atoms with Crippen LogP contribution in [-0.4, -0.2) is 36.2 Å². The third-order valence-electron chi connectivity index (χ3n) is 5.54. The lowest BCUT2D eigenvalue weighted by molar-refractivity contribution is -0.135. The van der Waals surface area contributed by atoms with Gasteiger partial charge in [0, 0.05) is 6.54 Å². The van der Waals surface area contributed by atoms with E-state index in [1.165, 1.54) is 0 Å². The maximum Gasteiger partial charge on any atom is 0.228 e. The van der Waals surface area contributed by atoms with Crippen LogP contribution < -0.4 is 10.6 Å². The predicted molar refractivity (Wildman–Crippen MR) is 80.4 cm³/mol. The van der Waals surface area contributed by atoms with E-state index >= 15 is 0 Å². The molecule has 0 bridgehead atoms. The molecule has 1 unspecified atom stereocenters. The zero-order chi connectivity index (χ0) is 14.6.